The van der Waals surface area contributed by atoms with Crippen molar-refractivity contribution in [1.29, 1.82) is 0 Å². The summed E-state index contributed by atoms with van der Waals surface area (Å²) in [4.78, 5) is 0. The zero-order chi connectivity index (χ0) is 4.50. The standard InChI is InChI=1S/La.Mn.6O.Sc.Zr/q+3;;;;2*-2;2*-1;+3;+4. The van der Waals surface area contributed by atoms with E-state index in [1.807, 2.05) is 0 Å². The van der Waals surface area contributed by atoms with Gasteiger partial charge >= 0.3 is 117 Å². The Labute approximate surface area is 126 Å². The van der Waals surface area contributed by atoms with Gasteiger partial charge in [0.25, 0.3) is 0 Å². The summed E-state index contributed by atoms with van der Waals surface area (Å²) in [5.74, 6) is 0. The predicted octanol–water partition coefficient (Wildman–Crippen LogP) is -2.86. The maximum atomic E-state index is 8.58. The quantitative estimate of drug-likeness (QED) is 0.385. The second-order valence-corrected chi connectivity index (χ2v) is 1.56. The van der Waals surface area contributed by atoms with Gasteiger partial charge in [-0.15, -0.1) is 0 Å². The normalized spacial score (nSPS) is 5.80. The van der Waals surface area contributed by atoms with Crippen LogP contribution in [0.1, 0.15) is 0 Å². The average Bonchev–Trinajstić information content (AvgIpc) is 0.722. The van der Waals surface area contributed by atoms with Crippen LogP contribution >= 0.6 is 0 Å². The van der Waals surface area contributed by atoms with Crippen molar-refractivity contribution in [1.82, 2.24) is 0 Å². The first kappa shape index (κ1) is 38.4. The summed E-state index contributed by atoms with van der Waals surface area (Å²) in [7, 11) is 0. The van der Waals surface area contributed by atoms with Crippen LogP contribution in [-0.2, 0) is 84.0 Å². The van der Waals surface area contributed by atoms with E-state index in [1.54, 1.807) is 0 Å². The SMILES string of the molecule is [La+3].[O-2].[O-2].[O]=[Mn](=[O])([O-])[O-].[Sc+3].[Zr+4]. The van der Waals surface area contributed by atoms with Crippen LogP contribution in [0.3, 0.4) is 0 Å². The largest absolute Gasteiger partial charge is 4.00 e. The van der Waals surface area contributed by atoms with Gasteiger partial charge in [0.1, 0.15) is 0 Å². The second-order valence-electron chi connectivity index (χ2n) is 0.378. The van der Waals surface area contributed by atoms with Crippen molar-refractivity contribution in [3.63, 3.8) is 0 Å². The molecule has 0 atom stereocenters. The van der Waals surface area contributed by atoms with Crippen LogP contribution in [0.25, 0.3) is 0 Å². The van der Waals surface area contributed by atoms with E-state index in [9.17, 15) is 0 Å². The second kappa shape index (κ2) is 17.9. The molecular weight excluding hydrogens is 426 g/mol. The molecular formula is LaMnO6ScZr+4. The molecule has 6 nitrogen and oxygen atoms in total. The predicted molar refractivity (Wildman–Crippen MR) is 2.75 cm³/mol. The Morgan fingerprint density at radius 1 is 1.00 bits per heavy atom. The van der Waals surface area contributed by atoms with E-state index < -0.39 is 13.4 Å². The van der Waals surface area contributed by atoms with Gasteiger partial charge in [0, 0.05) is 0 Å². The van der Waals surface area contributed by atoms with Crippen molar-refractivity contribution in [2.45, 2.75) is 0 Å². The van der Waals surface area contributed by atoms with Gasteiger partial charge in [-0.25, -0.2) is 0 Å². The average molecular weight is 426 g/mol. The van der Waals surface area contributed by atoms with E-state index in [2.05, 4.69) is 0 Å². The van der Waals surface area contributed by atoms with Crippen LogP contribution in [0.5, 0.6) is 0 Å². The first-order valence-electron chi connectivity index (χ1n) is 0.617. The third-order valence-electron chi connectivity index (χ3n) is 0. The van der Waals surface area contributed by atoms with Gasteiger partial charge in [-0.2, -0.15) is 0 Å². The van der Waals surface area contributed by atoms with Gasteiger partial charge in [0.05, 0.1) is 0 Å². The maximum Gasteiger partial charge on any atom is 4.00 e. The van der Waals surface area contributed by atoms with Gasteiger partial charge in [-0.05, 0) is 0 Å². The fraction of sp³-hybridized carbons (Fsp3) is 0. The van der Waals surface area contributed by atoms with Gasteiger partial charge in [-0.1, -0.05) is 0 Å². The number of hydrogen-bond donors (Lipinski definition) is 0. The number of rotatable bonds is 0. The van der Waals surface area contributed by atoms with Gasteiger partial charge in [0.15, 0.2) is 0 Å². The van der Waals surface area contributed by atoms with Crippen LogP contribution in [0.15, 0.2) is 0 Å². The summed E-state index contributed by atoms with van der Waals surface area (Å²) in [6, 6.07) is 0. The molecule has 0 aromatic heterocycles. The first-order valence-corrected chi connectivity index (χ1v) is 2.54. The molecule has 0 radical (unpaired) electrons. The fourth-order valence-corrected chi connectivity index (χ4v) is 0. The molecule has 0 saturated heterocycles. The summed E-state index contributed by atoms with van der Waals surface area (Å²) < 4.78 is 34.3. The molecule has 0 saturated carbocycles. The van der Waals surface area contributed by atoms with Crippen molar-refractivity contribution >= 4 is 0 Å². The Morgan fingerprint density at radius 2 is 1.00 bits per heavy atom. The van der Waals surface area contributed by atoms with Crippen LogP contribution in [-0.4, -0.2) is 0 Å². The molecule has 0 aliphatic rings. The summed E-state index contributed by atoms with van der Waals surface area (Å²) in [5, 5.41) is 0. The van der Waals surface area contributed by atoms with E-state index in [-0.39, 0.29) is 98.6 Å². The van der Waals surface area contributed by atoms with E-state index in [1.165, 1.54) is 0 Å². The number of hydrogen-bond acceptors (Lipinski definition) is 4. The minimum absolute atomic E-state index is 0. The topological polar surface area (TPSA) is 137 Å². The Kier molecular flexibility index (Phi) is 68.5. The van der Waals surface area contributed by atoms with Crippen LogP contribution in [0.2, 0.25) is 0 Å². The Hall–Kier alpha value is 2.91. The van der Waals surface area contributed by atoms with Crippen molar-refractivity contribution in [3.05, 3.63) is 0 Å². The molecule has 0 heterocycles. The molecule has 10 heteroatoms. The molecule has 0 rings (SSSR count). The van der Waals surface area contributed by atoms with Crippen molar-refractivity contribution in [3.8, 4) is 0 Å². The Balaban J connectivity index is -0.00000000800. The molecule has 0 fully saturated rings. The molecule has 0 aliphatic heterocycles. The van der Waals surface area contributed by atoms with E-state index >= 15 is 0 Å². The van der Waals surface area contributed by atoms with E-state index in [0.29, 0.717) is 0 Å². The van der Waals surface area contributed by atoms with Crippen molar-refractivity contribution in [2.24, 2.45) is 0 Å². The Morgan fingerprint density at radius 3 is 1.00 bits per heavy atom. The van der Waals surface area contributed by atoms with Crippen LogP contribution in [0.4, 0.5) is 0 Å². The molecule has 0 aliphatic carbocycles. The summed E-state index contributed by atoms with van der Waals surface area (Å²) >= 11 is -5.62. The molecule has 0 aromatic rings. The van der Waals surface area contributed by atoms with Gasteiger partial charge in [0.2, 0.25) is 0 Å². The van der Waals surface area contributed by atoms with Crippen molar-refractivity contribution in [2.75, 3.05) is 0 Å². The molecule has 10 heavy (non-hydrogen) atoms. The molecule has 0 N–H and O–H groups in total. The summed E-state index contributed by atoms with van der Waals surface area (Å²) in [5.41, 5.74) is 0. The third-order valence-corrected chi connectivity index (χ3v) is 0. The minimum Gasteiger partial charge on any atom is 3.00 e. The zero-order valence-corrected chi connectivity index (χ0v) is 13.5. The monoisotopic (exact) mass is 425 g/mol. The minimum atomic E-state index is -5.62. The van der Waals surface area contributed by atoms with E-state index in [4.69, 9.17) is 16.0 Å². The smallest absolute Gasteiger partial charge is 3.00 e. The zero-order valence-electron chi connectivity index (χ0n) is 4.48. The van der Waals surface area contributed by atoms with Gasteiger partial charge < -0.3 is 11.0 Å². The molecule has 0 unspecified atom stereocenters. The Bertz CT molecular complexity index is 101. The molecule has 0 spiro atoms. The molecule has 0 bridgehead atoms. The first-order chi connectivity index (χ1) is 2.00. The third kappa shape index (κ3) is 127. The molecule has 0 aromatic carbocycles. The summed E-state index contributed by atoms with van der Waals surface area (Å²) in [6.07, 6.45) is 0. The molecule has 49 valence electrons. The van der Waals surface area contributed by atoms with E-state index in [0.717, 1.165) is 0 Å². The van der Waals surface area contributed by atoms with Crippen molar-refractivity contribution < 1.29 is 128 Å². The summed E-state index contributed by atoms with van der Waals surface area (Å²) in [6.45, 7) is 0. The van der Waals surface area contributed by atoms with Crippen LogP contribution in [0, 0.1) is 35.6 Å². The fourth-order valence-electron chi connectivity index (χ4n) is 0. The maximum absolute atomic E-state index is 8.58. The van der Waals surface area contributed by atoms with Crippen LogP contribution < -0.4 is 8.38 Å². The molecule has 0 amide bonds. The van der Waals surface area contributed by atoms with Gasteiger partial charge in [-0.3, -0.25) is 0 Å².